The van der Waals surface area contributed by atoms with E-state index >= 15 is 0 Å². The van der Waals surface area contributed by atoms with Crippen LogP contribution >= 0.6 is 11.5 Å². The number of rotatable bonds is 3. The molecule has 8 heteroatoms. The number of nitrogens with zero attached hydrogens (tertiary/aromatic N) is 4. The Morgan fingerprint density at radius 3 is 2.78 bits per heavy atom. The van der Waals surface area contributed by atoms with E-state index in [0.717, 1.165) is 16.8 Å². The van der Waals surface area contributed by atoms with Crippen LogP contribution in [-0.4, -0.2) is 25.0 Å². The highest BCUT2D eigenvalue weighted by Crippen LogP contribution is 2.25. The second-order valence-corrected chi connectivity index (χ2v) is 6.70. The van der Waals surface area contributed by atoms with Crippen LogP contribution < -0.4 is 10.9 Å². The molecule has 1 amide bonds. The number of nitrogens with one attached hydrogen (secondary N) is 1. The molecular formula is C19H15N5O2S. The lowest BCUT2D eigenvalue weighted by Crippen LogP contribution is -2.30. The zero-order chi connectivity index (χ0) is 19.0. The van der Waals surface area contributed by atoms with Crippen LogP contribution in [0.1, 0.15) is 16.1 Å². The number of para-hydroxylation sites is 2. The number of carbonyl (C=O) groups is 1. The normalized spacial score (nSPS) is 10.9. The third kappa shape index (κ3) is 3.11. The van der Waals surface area contributed by atoms with Gasteiger partial charge in [-0.25, -0.2) is 4.98 Å². The van der Waals surface area contributed by atoms with E-state index in [1.165, 1.54) is 16.1 Å². The number of hydrogen-bond acceptors (Lipinski definition) is 6. The smallest absolute Gasteiger partial charge is 0.282 e. The van der Waals surface area contributed by atoms with Crippen molar-refractivity contribution < 1.29 is 4.79 Å². The minimum Gasteiger partial charge on any atom is -0.320 e. The summed E-state index contributed by atoms with van der Waals surface area (Å²) in [4.78, 5) is 29.6. The van der Waals surface area contributed by atoms with Crippen molar-refractivity contribution in [1.82, 2.24) is 19.1 Å². The van der Waals surface area contributed by atoms with Crippen LogP contribution in [0.25, 0.3) is 22.3 Å². The number of carbonyl (C=O) groups excluding carboxylic acids is 1. The van der Waals surface area contributed by atoms with Crippen LogP contribution in [0.4, 0.5) is 5.69 Å². The predicted molar refractivity (Wildman–Crippen MR) is 105 cm³/mol. The molecule has 2 heterocycles. The molecular weight excluding hydrogens is 362 g/mol. The van der Waals surface area contributed by atoms with Gasteiger partial charge in [-0.2, -0.15) is 0 Å². The summed E-state index contributed by atoms with van der Waals surface area (Å²) < 4.78 is 5.29. The third-order valence-electron chi connectivity index (χ3n) is 4.34. The molecule has 4 rings (SSSR count). The van der Waals surface area contributed by atoms with Crippen molar-refractivity contribution in [1.29, 1.82) is 0 Å². The van der Waals surface area contributed by atoms with Gasteiger partial charge in [-0.1, -0.05) is 28.8 Å². The van der Waals surface area contributed by atoms with Gasteiger partial charge in [0.15, 0.2) is 5.69 Å². The van der Waals surface area contributed by atoms with Gasteiger partial charge in [-0.3, -0.25) is 9.59 Å². The number of anilines is 1. The average Bonchev–Trinajstić information content (AvgIpc) is 3.21. The van der Waals surface area contributed by atoms with E-state index in [4.69, 9.17) is 0 Å². The molecule has 0 saturated carbocycles. The first kappa shape index (κ1) is 17.0. The zero-order valence-corrected chi connectivity index (χ0v) is 15.4. The zero-order valence-electron chi connectivity index (χ0n) is 14.6. The third-order valence-corrected chi connectivity index (χ3v) is 4.84. The van der Waals surface area contributed by atoms with Gasteiger partial charge in [0.2, 0.25) is 0 Å². The van der Waals surface area contributed by atoms with Crippen molar-refractivity contribution in [3.05, 3.63) is 69.5 Å². The molecule has 0 bridgehead atoms. The van der Waals surface area contributed by atoms with Gasteiger partial charge in [0.25, 0.3) is 11.5 Å². The second kappa shape index (κ2) is 6.73. The van der Waals surface area contributed by atoms with Crippen molar-refractivity contribution >= 4 is 34.2 Å². The molecule has 134 valence electrons. The van der Waals surface area contributed by atoms with Gasteiger partial charge in [0.1, 0.15) is 5.69 Å². The molecule has 0 aliphatic heterocycles. The summed E-state index contributed by atoms with van der Waals surface area (Å²) in [6.45, 7) is 1.88. The molecule has 0 fully saturated rings. The van der Waals surface area contributed by atoms with Crippen LogP contribution in [0.5, 0.6) is 0 Å². The van der Waals surface area contributed by atoms with Gasteiger partial charge in [0, 0.05) is 23.7 Å². The summed E-state index contributed by atoms with van der Waals surface area (Å²) >= 11 is 1.26. The van der Waals surface area contributed by atoms with E-state index in [0.29, 0.717) is 16.7 Å². The standard InChI is InChI=1S/C19H15N5O2S/c1-11-7-8-12(15-10-27-23-22-15)9-14(11)21-18(25)17-19(26)24(2)16-6-4-3-5-13(16)20-17/h3-10H,1-2H3,(H,21,25). The SMILES string of the molecule is Cc1ccc(-c2csnn2)cc1NC(=O)c1nc2ccccc2n(C)c1=O. The van der Waals surface area contributed by atoms with Crippen LogP contribution in [0.2, 0.25) is 0 Å². The summed E-state index contributed by atoms with van der Waals surface area (Å²) in [6.07, 6.45) is 0. The number of benzene rings is 2. The Morgan fingerprint density at radius 2 is 2.00 bits per heavy atom. The Hall–Kier alpha value is -3.39. The predicted octanol–water partition coefficient (Wildman–Crippen LogP) is 3.01. The fourth-order valence-electron chi connectivity index (χ4n) is 2.81. The van der Waals surface area contributed by atoms with Gasteiger partial charge in [-0.05, 0) is 42.2 Å². The lowest BCUT2D eigenvalue weighted by atomic mass is 10.1. The lowest BCUT2D eigenvalue weighted by molar-refractivity contribution is 0.102. The minimum absolute atomic E-state index is 0.142. The summed E-state index contributed by atoms with van der Waals surface area (Å²) in [7, 11) is 1.63. The minimum atomic E-state index is -0.544. The number of amides is 1. The maximum absolute atomic E-state index is 12.8. The Kier molecular flexibility index (Phi) is 4.25. The van der Waals surface area contributed by atoms with E-state index in [-0.39, 0.29) is 5.69 Å². The topological polar surface area (TPSA) is 89.8 Å². The average molecular weight is 377 g/mol. The molecule has 0 spiro atoms. The van der Waals surface area contributed by atoms with Crippen molar-refractivity contribution in [3.63, 3.8) is 0 Å². The monoisotopic (exact) mass is 377 g/mol. The molecule has 0 radical (unpaired) electrons. The fraction of sp³-hybridized carbons (Fsp3) is 0.105. The highest BCUT2D eigenvalue weighted by molar-refractivity contribution is 7.03. The first-order valence-corrected chi connectivity index (χ1v) is 9.03. The Balaban J connectivity index is 1.73. The van der Waals surface area contributed by atoms with Gasteiger partial charge in [-0.15, -0.1) is 5.10 Å². The summed E-state index contributed by atoms with van der Waals surface area (Å²) in [5.41, 5.74) is 3.71. The van der Waals surface area contributed by atoms with Crippen molar-refractivity contribution in [3.8, 4) is 11.3 Å². The van der Waals surface area contributed by atoms with Crippen molar-refractivity contribution in [2.24, 2.45) is 7.05 Å². The summed E-state index contributed by atoms with van der Waals surface area (Å²) in [6, 6.07) is 12.8. The molecule has 1 N–H and O–H groups in total. The molecule has 0 unspecified atom stereocenters. The molecule has 0 aliphatic rings. The van der Waals surface area contributed by atoms with Gasteiger partial charge in [0.05, 0.1) is 11.0 Å². The largest absolute Gasteiger partial charge is 0.320 e. The molecule has 4 aromatic rings. The molecule has 0 atom stereocenters. The van der Waals surface area contributed by atoms with E-state index in [2.05, 4.69) is 19.9 Å². The fourth-order valence-corrected chi connectivity index (χ4v) is 3.28. The molecule has 2 aromatic carbocycles. The summed E-state index contributed by atoms with van der Waals surface area (Å²) in [5, 5.41) is 8.68. The van der Waals surface area contributed by atoms with Crippen LogP contribution in [0.3, 0.4) is 0 Å². The molecule has 2 aromatic heterocycles. The maximum atomic E-state index is 12.8. The van der Waals surface area contributed by atoms with E-state index in [1.54, 1.807) is 19.2 Å². The van der Waals surface area contributed by atoms with E-state index < -0.39 is 11.5 Å². The second-order valence-electron chi connectivity index (χ2n) is 6.09. The van der Waals surface area contributed by atoms with Crippen molar-refractivity contribution in [2.45, 2.75) is 6.92 Å². The molecule has 0 saturated heterocycles. The number of hydrogen-bond donors (Lipinski definition) is 1. The number of fused-ring (bicyclic) bond motifs is 1. The number of aromatic nitrogens is 4. The Labute approximate surface area is 158 Å². The van der Waals surface area contributed by atoms with Gasteiger partial charge < -0.3 is 9.88 Å². The Bertz CT molecular complexity index is 1210. The van der Waals surface area contributed by atoms with Crippen molar-refractivity contribution in [2.75, 3.05) is 5.32 Å². The van der Waals surface area contributed by atoms with Crippen LogP contribution in [-0.2, 0) is 7.05 Å². The summed E-state index contributed by atoms with van der Waals surface area (Å²) in [5.74, 6) is -0.544. The molecule has 0 aliphatic carbocycles. The molecule has 27 heavy (non-hydrogen) atoms. The van der Waals surface area contributed by atoms with E-state index in [9.17, 15) is 9.59 Å². The van der Waals surface area contributed by atoms with E-state index in [1.807, 2.05) is 42.6 Å². The Morgan fingerprint density at radius 1 is 1.19 bits per heavy atom. The first-order valence-electron chi connectivity index (χ1n) is 8.20. The van der Waals surface area contributed by atoms with Gasteiger partial charge >= 0.3 is 0 Å². The highest BCUT2D eigenvalue weighted by Gasteiger charge is 2.17. The quantitative estimate of drug-likeness (QED) is 0.593. The molecule has 7 nitrogen and oxygen atoms in total. The van der Waals surface area contributed by atoms with Crippen LogP contribution in [0, 0.1) is 6.92 Å². The highest BCUT2D eigenvalue weighted by atomic mass is 32.1. The first-order chi connectivity index (χ1) is 13.0. The lowest BCUT2D eigenvalue weighted by Gasteiger charge is -2.11. The maximum Gasteiger partial charge on any atom is 0.282 e. The number of aryl methyl sites for hydroxylation is 2. The van der Waals surface area contributed by atoms with Crippen LogP contribution in [0.15, 0.2) is 52.6 Å².